The number of ether oxygens (including phenoxy) is 1. The normalized spacial score (nSPS) is 12.2. The number of carbonyl (C=O) groups excluding carboxylic acids is 1. The van der Waals surface area contributed by atoms with Gasteiger partial charge in [-0.15, -0.1) is 0 Å². The number of ketones is 1. The molecule has 0 spiro atoms. The van der Waals surface area contributed by atoms with Gasteiger partial charge in [0.15, 0.2) is 5.78 Å². The Kier molecular flexibility index (Phi) is 5.33. The SMILES string of the molecule is CCCC(C)C(=O)COc1cccc(Cl)c1. The van der Waals surface area contributed by atoms with Crippen LogP contribution in [0.1, 0.15) is 26.7 Å². The van der Waals surface area contributed by atoms with E-state index in [0.29, 0.717) is 10.8 Å². The Morgan fingerprint density at radius 3 is 2.88 bits per heavy atom. The van der Waals surface area contributed by atoms with Crippen LogP contribution in [-0.2, 0) is 4.79 Å². The summed E-state index contributed by atoms with van der Waals surface area (Å²) >= 11 is 5.81. The number of hydrogen-bond donors (Lipinski definition) is 0. The zero-order valence-corrected chi connectivity index (χ0v) is 10.5. The van der Waals surface area contributed by atoms with Gasteiger partial charge in [0.25, 0.3) is 0 Å². The summed E-state index contributed by atoms with van der Waals surface area (Å²) in [5.41, 5.74) is 0. The first-order valence-electron chi connectivity index (χ1n) is 5.54. The van der Waals surface area contributed by atoms with Crippen molar-refractivity contribution in [3.63, 3.8) is 0 Å². The highest BCUT2D eigenvalue weighted by Crippen LogP contribution is 2.17. The lowest BCUT2D eigenvalue weighted by molar-refractivity contribution is -0.124. The van der Waals surface area contributed by atoms with Gasteiger partial charge in [0, 0.05) is 10.9 Å². The fraction of sp³-hybridized carbons (Fsp3) is 0.462. The third kappa shape index (κ3) is 4.23. The predicted octanol–water partition coefficient (Wildman–Crippen LogP) is 3.72. The Bertz CT molecular complexity index is 350. The fourth-order valence-electron chi connectivity index (χ4n) is 1.45. The van der Waals surface area contributed by atoms with E-state index in [2.05, 4.69) is 6.92 Å². The molecule has 0 aromatic heterocycles. The standard InChI is InChI=1S/C13H17ClO2/c1-3-5-10(2)13(15)9-16-12-7-4-6-11(14)8-12/h4,6-8,10H,3,5,9H2,1-2H3. The van der Waals surface area contributed by atoms with E-state index in [9.17, 15) is 4.79 Å². The fourth-order valence-corrected chi connectivity index (χ4v) is 1.63. The van der Waals surface area contributed by atoms with E-state index in [1.807, 2.05) is 6.92 Å². The first-order chi connectivity index (χ1) is 7.63. The van der Waals surface area contributed by atoms with E-state index in [1.54, 1.807) is 24.3 Å². The highest BCUT2D eigenvalue weighted by molar-refractivity contribution is 6.30. The number of hydrogen-bond acceptors (Lipinski definition) is 2. The van der Waals surface area contributed by atoms with Gasteiger partial charge in [0.05, 0.1) is 0 Å². The smallest absolute Gasteiger partial charge is 0.172 e. The number of rotatable bonds is 6. The maximum Gasteiger partial charge on any atom is 0.172 e. The number of halogens is 1. The summed E-state index contributed by atoms with van der Waals surface area (Å²) in [6.07, 6.45) is 1.93. The minimum absolute atomic E-state index is 0.0733. The van der Waals surface area contributed by atoms with E-state index >= 15 is 0 Å². The Balaban J connectivity index is 2.42. The van der Waals surface area contributed by atoms with Crippen LogP contribution in [0.4, 0.5) is 0 Å². The molecule has 0 aliphatic rings. The van der Waals surface area contributed by atoms with Crippen molar-refractivity contribution in [2.45, 2.75) is 26.7 Å². The van der Waals surface area contributed by atoms with Crippen LogP contribution in [0, 0.1) is 5.92 Å². The average molecular weight is 241 g/mol. The lowest BCUT2D eigenvalue weighted by Crippen LogP contribution is -2.19. The van der Waals surface area contributed by atoms with Gasteiger partial charge in [-0.3, -0.25) is 4.79 Å². The molecule has 0 saturated heterocycles. The molecule has 2 nitrogen and oxygen atoms in total. The molecule has 0 amide bonds. The molecule has 0 aliphatic carbocycles. The number of carbonyl (C=O) groups is 1. The van der Waals surface area contributed by atoms with Gasteiger partial charge in [-0.2, -0.15) is 0 Å². The van der Waals surface area contributed by atoms with Crippen LogP contribution in [0.25, 0.3) is 0 Å². The number of Topliss-reactive ketones (excluding diaryl/α,β-unsaturated/α-hetero) is 1. The van der Waals surface area contributed by atoms with E-state index in [0.717, 1.165) is 12.8 Å². The predicted molar refractivity (Wildman–Crippen MR) is 66.0 cm³/mol. The van der Waals surface area contributed by atoms with Crippen LogP contribution < -0.4 is 4.74 Å². The minimum Gasteiger partial charge on any atom is -0.486 e. The Hall–Kier alpha value is -1.02. The summed E-state index contributed by atoms with van der Waals surface area (Å²) in [7, 11) is 0. The lowest BCUT2D eigenvalue weighted by atomic mass is 10.0. The first-order valence-corrected chi connectivity index (χ1v) is 5.92. The largest absolute Gasteiger partial charge is 0.486 e. The molecule has 0 heterocycles. The van der Waals surface area contributed by atoms with Crippen LogP contribution in [0.3, 0.4) is 0 Å². The molecule has 1 rings (SSSR count). The second kappa shape index (κ2) is 6.54. The Morgan fingerprint density at radius 1 is 1.50 bits per heavy atom. The molecule has 1 atom stereocenters. The summed E-state index contributed by atoms with van der Waals surface area (Å²) in [6.45, 7) is 4.14. The summed E-state index contributed by atoms with van der Waals surface area (Å²) in [5.74, 6) is 0.857. The van der Waals surface area contributed by atoms with Crippen molar-refractivity contribution in [3.8, 4) is 5.75 Å². The molecule has 0 bridgehead atoms. The topological polar surface area (TPSA) is 26.3 Å². The first kappa shape index (κ1) is 13.0. The molecule has 0 saturated carbocycles. The zero-order chi connectivity index (χ0) is 12.0. The number of benzene rings is 1. The van der Waals surface area contributed by atoms with Gasteiger partial charge in [-0.1, -0.05) is 37.9 Å². The van der Waals surface area contributed by atoms with Crippen molar-refractivity contribution >= 4 is 17.4 Å². The highest BCUT2D eigenvalue weighted by atomic mass is 35.5. The lowest BCUT2D eigenvalue weighted by Gasteiger charge is -2.10. The summed E-state index contributed by atoms with van der Waals surface area (Å²) in [6, 6.07) is 7.08. The van der Waals surface area contributed by atoms with Gasteiger partial charge >= 0.3 is 0 Å². The summed E-state index contributed by atoms with van der Waals surface area (Å²) in [4.78, 5) is 11.6. The van der Waals surface area contributed by atoms with E-state index < -0.39 is 0 Å². The molecule has 3 heteroatoms. The third-order valence-electron chi connectivity index (χ3n) is 2.45. The van der Waals surface area contributed by atoms with Crippen LogP contribution in [0.15, 0.2) is 24.3 Å². The van der Waals surface area contributed by atoms with Crippen molar-refractivity contribution in [3.05, 3.63) is 29.3 Å². The molecule has 0 radical (unpaired) electrons. The molecule has 1 unspecified atom stereocenters. The van der Waals surface area contributed by atoms with Crippen LogP contribution >= 0.6 is 11.6 Å². The van der Waals surface area contributed by atoms with Crippen molar-refractivity contribution in [1.29, 1.82) is 0 Å². The summed E-state index contributed by atoms with van der Waals surface area (Å²) < 4.78 is 5.38. The van der Waals surface area contributed by atoms with E-state index in [4.69, 9.17) is 16.3 Å². The molecule has 0 aliphatic heterocycles. The molecule has 1 aromatic carbocycles. The average Bonchev–Trinajstić information content (AvgIpc) is 2.26. The van der Waals surface area contributed by atoms with Gasteiger partial charge in [0.2, 0.25) is 0 Å². The Morgan fingerprint density at radius 2 is 2.25 bits per heavy atom. The minimum atomic E-state index is 0.0733. The maximum absolute atomic E-state index is 11.6. The molecule has 0 fully saturated rings. The molecular formula is C13H17ClO2. The van der Waals surface area contributed by atoms with Crippen molar-refractivity contribution < 1.29 is 9.53 Å². The van der Waals surface area contributed by atoms with E-state index in [-0.39, 0.29) is 18.3 Å². The van der Waals surface area contributed by atoms with Crippen molar-refractivity contribution in [2.75, 3.05) is 6.61 Å². The van der Waals surface area contributed by atoms with Crippen LogP contribution in [0.5, 0.6) is 5.75 Å². The quantitative estimate of drug-likeness (QED) is 0.758. The molecule has 0 N–H and O–H groups in total. The van der Waals surface area contributed by atoms with Gasteiger partial charge in [0.1, 0.15) is 12.4 Å². The monoisotopic (exact) mass is 240 g/mol. The van der Waals surface area contributed by atoms with Crippen LogP contribution in [-0.4, -0.2) is 12.4 Å². The highest BCUT2D eigenvalue weighted by Gasteiger charge is 2.12. The summed E-state index contributed by atoms with van der Waals surface area (Å²) in [5, 5.41) is 0.617. The van der Waals surface area contributed by atoms with Gasteiger partial charge < -0.3 is 4.74 Å². The third-order valence-corrected chi connectivity index (χ3v) is 2.68. The van der Waals surface area contributed by atoms with Gasteiger partial charge in [-0.25, -0.2) is 0 Å². The second-order valence-electron chi connectivity index (χ2n) is 3.90. The molecule has 16 heavy (non-hydrogen) atoms. The van der Waals surface area contributed by atoms with Crippen LogP contribution in [0.2, 0.25) is 5.02 Å². The molecule has 1 aromatic rings. The Labute approximate surface area is 102 Å². The van der Waals surface area contributed by atoms with Crippen molar-refractivity contribution in [2.24, 2.45) is 5.92 Å². The second-order valence-corrected chi connectivity index (χ2v) is 4.34. The van der Waals surface area contributed by atoms with E-state index in [1.165, 1.54) is 0 Å². The maximum atomic E-state index is 11.6. The van der Waals surface area contributed by atoms with Gasteiger partial charge in [-0.05, 0) is 24.6 Å². The molecule has 88 valence electrons. The van der Waals surface area contributed by atoms with Crippen molar-refractivity contribution in [1.82, 2.24) is 0 Å². The molecular weight excluding hydrogens is 224 g/mol. The zero-order valence-electron chi connectivity index (χ0n) is 9.70.